The number of carbonyl (C=O) groups is 1. The molecule has 3 nitrogen and oxygen atoms in total. The van der Waals surface area contributed by atoms with E-state index in [0.717, 1.165) is 11.1 Å². The maximum atomic E-state index is 11.1. The largest absolute Gasteiger partial charge is 0.463 e. The van der Waals surface area contributed by atoms with Gasteiger partial charge in [-0.05, 0) is 43.2 Å². The Kier molecular flexibility index (Phi) is 3.92. The number of nitrogens with two attached hydrogens (primary N) is 1. The highest BCUT2D eigenvalue weighted by molar-refractivity contribution is 5.87. The number of anilines is 1. The molecule has 3 heteroatoms. The molecule has 0 aliphatic heterocycles. The minimum absolute atomic E-state index is 0.334. The van der Waals surface area contributed by atoms with Crippen LogP contribution in [0.4, 0.5) is 5.69 Å². The average Bonchev–Trinajstić information content (AvgIpc) is 2.20. The second kappa shape index (κ2) is 5.20. The van der Waals surface area contributed by atoms with E-state index in [0.29, 0.717) is 12.3 Å². The molecule has 0 aromatic heterocycles. The topological polar surface area (TPSA) is 52.3 Å². The number of aryl methyl sites for hydroxylation is 1. The monoisotopic (exact) mass is 205 g/mol. The van der Waals surface area contributed by atoms with Gasteiger partial charge in [0.15, 0.2) is 0 Å². The van der Waals surface area contributed by atoms with Crippen molar-refractivity contribution in [3.8, 4) is 0 Å². The Balaban J connectivity index is 2.79. The van der Waals surface area contributed by atoms with Crippen LogP contribution in [-0.2, 0) is 9.53 Å². The van der Waals surface area contributed by atoms with E-state index in [4.69, 9.17) is 10.5 Å². The van der Waals surface area contributed by atoms with Crippen LogP contribution in [-0.4, -0.2) is 12.6 Å². The van der Waals surface area contributed by atoms with Gasteiger partial charge in [0.1, 0.15) is 0 Å². The first-order valence-electron chi connectivity index (χ1n) is 4.84. The predicted molar refractivity (Wildman–Crippen MR) is 61.3 cm³/mol. The Hall–Kier alpha value is -1.77. The summed E-state index contributed by atoms with van der Waals surface area (Å²) in [5, 5.41) is 0. The second-order valence-electron chi connectivity index (χ2n) is 3.20. The zero-order chi connectivity index (χ0) is 11.3. The smallest absolute Gasteiger partial charge is 0.330 e. The van der Waals surface area contributed by atoms with E-state index in [1.807, 2.05) is 25.1 Å². The molecule has 0 amide bonds. The molecule has 0 unspecified atom stereocenters. The van der Waals surface area contributed by atoms with Crippen LogP contribution in [0, 0.1) is 6.92 Å². The number of nitrogen functional groups attached to an aromatic ring is 1. The third kappa shape index (κ3) is 3.46. The first kappa shape index (κ1) is 11.3. The van der Waals surface area contributed by atoms with Crippen molar-refractivity contribution in [2.45, 2.75) is 13.8 Å². The van der Waals surface area contributed by atoms with Gasteiger partial charge in [-0.2, -0.15) is 0 Å². The summed E-state index contributed by atoms with van der Waals surface area (Å²) in [6.07, 6.45) is 3.12. The van der Waals surface area contributed by atoms with Crippen molar-refractivity contribution in [3.05, 3.63) is 35.4 Å². The Morgan fingerprint density at radius 1 is 1.53 bits per heavy atom. The van der Waals surface area contributed by atoms with Gasteiger partial charge >= 0.3 is 5.97 Å². The van der Waals surface area contributed by atoms with Crippen LogP contribution in [0.1, 0.15) is 18.1 Å². The van der Waals surface area contributed by atoms with E-state index in [9.17, 15) is 4.79 Å². The van der Waals surface area contributed by atoms with Crippen molar-refractivity contribution in [2.75, 3.05) is 12.3 Å². The lowest BCUT2D eigenvalue weighted by atomic mass is 10.1. The van der Waals surface area contributed by atoms with Gasteiger partial charge < -0.3 is 10.5 Å². The summed E-state index contributed by atoms with van der Waals surface area (Å²) in [6.45, 7) is 4.13. The van der Waals surface area contributed by atoms with Gasteiger partial charge in [-0.25, -0.2) is 4.79 Å². The van der Waals surface area contributed by atoms with Crippen molar-refractivity contribution >= 4 is 17.7 Å². The van der Waals surface area contributed by atoms with E-state index in [2.05, 4.69) is 0 Å². The first-order valence-corrected chi connectivity index (χ1v) is 4.84. The molecule has 0 heterocycles. The van der Waals surface area contributed by atoms with Crippen molar-refractivity contribution in [1.82, 2.24) is 0 Å². The van der Waals surface area contributed by atoms with E-state index >= 15 is 0 Å². The molecular weight excluding hydrogens is 190 g/mol. The van der Waals surface area contributed by atoms with Gasteiger partial charge in [-0.1, -0.05) is 6.07 Å². The summed E-state index contributed by atoms with van der Waals surface area (Å²) in [5.41, 5.74) is 8.33. The molecule has 0 spiro atoms. The van der Waals surface area contributed by atoms with Crippen LogP contribution in [0.3, 0.4) is 0 Å². The summed E-state index contributed by atoms with van der Waals surface area (Å²) in [4.78, 5) is 11.1. The van der Waals surface area contributed by atoms with Gasteiger partial charge in [0, 0.05) is 11.8 Å². The molecule has 15 heavy (non-hydrogen) atoms. The van der Waals surface area contributed by atoms with Gasteiger partial charge in [0.2, 0.25) is 0 Å². The number of ether oxygens (including phenoxy) is 1. The third-order valence-corrected chi connectivity index (χ3v) is 1.99. The van der Waals surface area contributed by atoms with Crippen LogP contribution in [0.5, 0.6) is 0 Å². The summed E-state index contributed by atoms with van der Waals surface area (Å²) in [5.74, 6) is -0.334. The minimum Gasteiger partial charge on any atom is -0.463 e. The van der Waals surface area contributed by atoms with Crippen LogP contribution in [0.15, 0.2) is 24.3 Å². The van der Waals surface area contributed by atoms with Crippen molar-refractivity contribution in [1.29, 1.82) is 0 Å². The zero-order valence-electron chi connectivity index (χ0n) is 8.99. The predicted octanol–water partition coefficient (Wildman–Crippen LogP) is 2.15. The Bertz CT molecular complexity index is 383. The number of carbonyl (C=O) groups excluding carboxylic acids is 1. The fourth-order valence-corrected chi connectivity index (χ4v) is 1.19. The quantitative estimate of drug-likeness (QED) is 0.467. The molecule has 0 aliphatic rings. The summed E-state index contributed by atoms with van der Waals surface area (Å²) in [7, 11) is 0. The molecule has 1 aromatic rings. The number of esters is 1. The van der Waals surface area contributed by atoms with Crippen molar-refractivity contribution in [3.63, 3.8) is 0 Å². The number of hydrogen-bond donors (Lipinski definition) is 1. The summed E-state index contributed by atoms with van der Waals surface area (Å²) in [6, 6.07) is 5.57. The summed E-state index contributed by atoms with van der Waals surface area (Å²) >= 11 is 0. The highest BCUT2D eigenvalue weighted by atomic mass is 16.5. The van der Waals surface area contributed by atoms with Crippen LogP contribution in [0.25, 0.3) is 6.08 Å². The Morgan fingerprint density at radius 3 is 2.93 bits per heavy atom. The van der Waals surface area contributed by atoms with Crippen molar-refractivity contribution < 1.29 is 9.53 Å². The SMILES string of the molecule is CCOC(=O)C=Cc1cc(N)ccc1C. The van der Waals surface area contributed by atoms with Gasteiger partial charge in [-0.3, -0.25) is 0 Å². The molecule has 0 saturated heterocycles. The highest BCUT2D eigenvalue weighted by Gasteiger charge is 1.97. The molecule has 0 aliphatic carbocycles. The second-order valence-corrected chi connectivity index (χ2v) is 3.20. The molecule has 0 atom stereocenters. The van der Waals surface area contributed by atoms with Crippen LogP contribution < -0.4 is 5.73 Å². The van der Waals surface area contributed by atoms with Gasteiger partial charge in [0.25, 0.3) is 0 Å². The third-order valence-electron chi connectivity index (χ3n) is 1.99. The molecule has 2 N–H and O–H groups in total. The van der Waals surface area contributed by atoms with E-state index in [1.165, 1.54) is 6.08 Å². The summed E-state index contributed by atoms with van der Waals surface area (Å²) < 4.78 is 4.78. The molecule has 0 bridgehead atoms. The van der Waals surface area contributed by atoms with Gasteiger partial charge in [0.05, 0.1) is 6.61 Å². The lowest BCUT2D eigenvalue weighted by Gasteiger charge is -2.01. The van der Waals surface area contributed by atoms with Crippen LogP contribution in [0.2, 0.25) is 0 Å². The molecule has 80 valence electrons. The molecule has 0 saturated carbocycles. The normalized spacial score (nSPS) is 10.5. The van der Waals surface area contributed by atoms with Gasteiger partial charge in [-0.15, -0.1) is 0 Å². The maximum Gasteiger partial charge on any atom is 0.330 e. The molecule has 0 fully saturated rings. The number of rotatable bonds is 3. The standard InChI is InChI=1S/C12H15NO2/c1-3-15-12(14)7-5-10-8-11(13)6-4-9(10)2/h4-8H,3,13H2,1-2H3. The van der Waals surface area contributed by atoms with E-state index < -0.39 is 0 Å². The molecule has 1 rings (SSSR count). The van der Waals surface area contributed by atoms with Crippen molar-refractivity contribution in [2.24, 2.45) is 0 Å². The zero-order valence-corrected chi connectivity index (χ0v) is 8.99. The van der Waals surface area contributed by atoms with Crippen LogP contribution >= 0.6 is 0 Å². The fraction of sp³-hybridized carbons (Fsp3) is 0.250. The fourth-order valence-electron chi connectivity index (χ4n) is 1.19. The Morgan fingerprint density at radius 2 is 2.27 bits per heavy atom. The Labute approximate surface area is 89.5 Å². The minimum atomic E-state index is -0.334. The molecule has 1 aromatic carbocycles. The number of benzene rings is 1. The van der Waals surface area contributed by atoms with E-state index in [1.54, 1.807) is 13.0 Å². The molecular formula is C12H15NO2. The lowest BCUT2D eigenvalue weighted by molar-refractivity contribution is -0.137. The molecule has 0 radical (unpaired) electrons. The number of hydrogen-bond acceptors (Lipinski definition) is 3. The first-order chi connectivity index (χ1) is 7.13. The highest BCUT2D eigenvalue weighted by Crippen LogP contribution is 2.14. The van der Waals surface area contributed by atoms with E-state index in [-0.39, 0.29) is 5.97 Å². The lowest BCUT2D eigenvalue weighted by Crippen LogP contribution is -1.98. The average molecular weight is 205 g/mol. The maximum absolute atomic E-state index is 11.1.